The Labute approximate surface area is 399 Å². The van der Waals surface area contributed by atoms with Crippen molar-refractivity contribution in [3.8, 4) is 22.3 Å². The van der Waals surface area contributed by atoms with Crippen molar-refractivity contribution in [2.24, 2.45) is 0 Å². The van der Waals surface area contributed by atoms with Gasteiger partial charge in [-0.15, -0.1) is 0 Å². The van der Waals surface area contributed by atoms with Crippen LogP contribution in [0.3, 0.4) is 0 Å². The first-order valence-electron chi connectivity index (χ1n) is 22.9. The lowest BCUT2D eigenvalue weighted by molar-refractivity contribution is 0.669. The molecule has 0 radical (unpaired) electrons. The predicted molar refractivity (Wildman–Crippen MR) is 284 cm³/mol. The molecule has 0 atom stereocenters. The molecule has 2 aliphatic heterocycles. The number of rotatable bonds is 4. The van der Waals surface area contributed by atoms with Gasteiger partial charge >= 0.3 is 0 Å². The molecular weight excluding hydrogens is 869 g/mol. The molecule has 0 fully saturated rings. The van der Waals surface area contributed by atoms with Gasteiger partial charge < -0.3 is 18.6 Å². The second-order valence-corrected chi connectivity index (χ2v) is 19.7. The summed E-state index contributed by atoms with van der Waals surface area (Å²) < 4.78 is 13.9. The summed E-state index contributed by atoms with van der Waals surface area (Å²) in [6.45, 7) is 0. The Kier molecular flexibility index (Phi) is 8.20. The largest absolute Gasteiger partial charge is 0.455 e. The molecule has 68 heavy (non-hydrogen) atoms. The molecule has 4 nitrogen and oxygen atoms in total. The van der Waals surface area contributed by atoms with Gasteiger partial charge in [-0.05, 0) is 106 Å². The minimum atomic E-state index is 0.874. The zero-order valence-electron chi connectivity index (χ0n) is 36.3. The Bertz CT molecular complexity index is 3900. The number of nitrogens with zero attached hydrogens (tertiary/aromatic N) is 2. The van der Waals surface area contributed by atoms with Crippen LogP contribution in [-0.4, -0.2) is 0 Å². The molecule has 318 valence electrons. The predicted octanol–water partition coefficient (Wildman–Crippen LogP) is 19.0. The lowest BCUT2D eigenvalue weighted by Crippen LogP contribution is -2.15. The number of benzene rings is 11. The second kappa shape index (κ2) is 14.7. The van der Waals surface area contributed by atoms with Crippen LogP contribution in [0.25, 0.3) is 87.7 Å². The third-order valence-electron chi connectivity index (χ3n) is 13.8. The van der Waals surface area contributed by atoms with Crippen molar-refractivity contribution in [1.29, 1.82) is 0 Å². The van der Waals surface area contributed by atoms with E-state index >= 15 is 0 Å². The second-order valence-electron chi connectivity index (χ2n) is 17.5. The molecule has 0 bridgehead atoms. The van der Waals surface area contributed by atoms with Crippen LogP contribution in [0.1, 0.15) is 0 Å². The van der Waals surface area contributed by atoms with E-state index in [2.05, 4.69) is 228 Å². The summed E-state index contributed by atoms with van der Waals surface area (Å²) in [6, 6.07) is 79.2. The number of hydrogen-bond acceptors (Lipinski definition) is 6. The van der Waals surface area contributed by atoms with Crippen LogP contribution in [-0.2, 0) is 0 Å². The van der Waals surface area contributed by atoms with Crippen molar-refractivity contribution in [3.05, 3.63) is 218 Å². The topological polar surface area (TPSA) is 32.8 Å². The zero-order chi connectivity index (χ0) is 44.5. The van der Waals surface area contributed by atoms with Gasteiger partial charge in [0.15, 0.2) is 0 Å². The number of anilines is 6. The molecule has 0 saturated carbocycles. The maximum atomic E-state index is 6.94. The number of fused-ring (bicyclic) bond motifs is 12. The maximum absolute atomic E-state index is 6.94. The monoisotopic (exact) mass is 904 g/mol. The van der Waals surface area contributed by atoms with Gasteiger partial charge in [-0.1, -0.05) is 157 Å². The summed E-state index contributed by atoms with van der Waals surface area (Å²) in [6.07, 6.45) is 0. The standard InChI is InChI=1S/C62H36N2O2S2/c1-7-25-53-39(15-1)43-17-13-19-45(61(43)65-53)59-41-33-31-38(64-51-23-5-11-29-57(51)68-58-30-12-6-24-52(58)64)36-48(41)60(46-20-14-18-44-40-16-2-8-26-54(40)66-62(44)46)42-34-32-37(35-47(42)59)63-49-21-3-9-27-55(49)67-56-28-10-4-22-50(56)63/h1-36H. The van der Waals surface area contributed by atoms with E-state index in [1.54, 1.807) is 0 Å². The molecular formula is C62H36N2O2S2. The number of hydrogen-bond donors (Lipinski definition) is 0. The summed E-state index contributed by atoms with van der Waals surface area (Å²) in [5, 5.41) is 8.89. The first-order chi connectivity index (χ1) is 33.7. The molecule has 0 spiro atoms. The molecule has 0 aliphatic carbocycles. The Morgan fingerprint density at radius 3 is 1.04 bits per heavy atom. The van der Waals surface area contributed by atoms with Gasteiger partial charge in [0.25, 0.3) is 0 Å². The number of furan rings is 2. The Morgan fingerprint density at radius 1 is 0.279 bits per heavy atom. The van der Waals surface area contributed by atoms with E-state index in [4.69, 9.17) is 8.83 Å². The quantitative estimate of drug-likeness (QED) is 0.164. The van der Waals surface area contributed by atoms with Crippen molar-refractivity contribution in [2.45, 2.75) is 19.6 Å². The van der Waals surface area contributed by atoms with E-state index in [9.17, 15) is 0 Å². The van der Waals surface area contributed by atoms with Crippen molar-refractivity contribution >= 4 is 123 Å². The van der Waals surface area contributed by atoms with Gasteiger partial charge in [0.1, 0.15) is 22.3 Å². The lowest BCUT2D eigenvalue weighted by atomic mass is 9.84. The van der Waals surface area contributed by atoms with E-state index in [-0.39, 0.29) is 0 Å². The molecule has 0 N–H and O–H groups in total. The zero-order valence-corrected chi connectivity index (χ0v) is 37.9. The highest BCUT2D eigenvalue weighted by Crippen LogP contribution is 2.56. The molecule has 15 rings (SSSR count). The third-order valence-corrected chi connectivity index (χ3v) is 16.1. The SMILES string of the molecule is c1ccc2c(c1)Sc1ccccc1N2c1ccc2c(-c3cccc4c3oc3ccccc34)c3cc(N4c5ccccc5Sc5ccccc54)ccc3c(-c3cccc4c3oc3ccccc34)c2c1. The Balaban J connectivity index is 1.11. The molecule has 2 aromatic heterocycles. The normalized spacial score (nSPS) is 13.1. The van der Waals surface area contributed by atoms with Gasteiger partial charge in [0.2, 0.25) is 0 Å². The highest BCUT2D eigenvalue weighted by molar-refractivity contribution is 8.00. The fourth-order valence-electron chi connectivity index (χ4n) is 10.9. The van der Waals surface area contributed by atoms with Gasteiger partial charge in [0, 0.05) is 74.8 Å². The molecule has 11 aromatic carbocycles. The molecule has 6 heteroatoms. The minimum absolute atomic E-state index is 0.874. The summed E-state index contributed by atoms with van der Waals surface area (Å²) in [7, 11) is 0. The molecule has 13 aromatic rings. The lowest BCUT2D eigenvalue weighted by Gasteiger charge is -2.33. The van der Waals surface area contributed by atoms with E-state index in [1.807, 2.05) is 23.5 Å². The molecule has 4 heterocycles. The van der Waals surface area contributed by atoms with Gasteiger partial charge in [-0.2, -0.15) is 0 Å². The molecule has 0 saturated heterocycles. The van der Waals surface area contributed by atoms with E-state index in [1.165, 1.54) is 19.6 Å². The molecule has 2 aliphatic rings. The minimum Gasteiger partial charge on any atom is -0.455 e. The summed E-state index contributed by atoms with van der Waals surface area (Å²) in [4.78, 5) is 9.76. The van der Waals surface area contributed by atoms with Gasteiger partial charge in [-0.25, -0.2) is 0 Å². The third kappa shape index (κ3) is 5.53. The van der Waals surface area contributed by atoms with Crippen molar-refractivity contribution in [1.82, 2.24) is 0 Å². The van der Waals surface area contributed by atoms with Crippen LogP contribution >= 0.6 is 23.5 Å². The highest BCUT2D eigenvalue weighted by Gasteiger charge is 2.30. The van der Waals surface area contributed by atoms with E-state index in [0.717, 1.165) is 122 Å². The average Bonchev–Trinajstić information content (AvgIpc) is 3.98. The Morgan fingerprint density at radius 2 is 0.632 bits per heavy atom. The van der Waals surface area contributed by atoms with Crippen LogP contribution in [0.15, 0.2) is 247 Å². The fraction of sp³-hybridized carbons (Fsp3) is 0. The van der Waals surface area contributed by atoms with Crippen molar-refractivity contribution in [2.75, 3.05) is 9.80 Å². The van der Waals surface area contributed by atoms with Crippen LogP contribution in [0.4, 0.5) is 34.1 Å². The summed E-state index contributed by atoms with van der Waals surface area (Å²) >= 11 is 3.65. The van der Waals surface area contributed by atoms with Crippen LogP contribution in [0.5, 0.6) is 0 Å². The smallest absolute Gasteiger partial charge is 0.143 e. The molecule has 0 amide bonds. The van der Waals surface area contributed by atoms with E-state index in [0.29, 0.717) is 0 Å². The van der Waals surface area contributed by atoms with Gasteiger partial charge in [-0.3, -0.25) is 0 Å². The average molecular weight is 905 g/mol. The van der Waals surface area contributed by atoms with Crippen molar-refractivity contribution in [3.63, 3.8) is 0 Å². The van der Waals surface area contributed by atoms with Crippen molar-refractivity contribution < 1.29 is 8.83 Å². The summed E-state index contributed by atoms with van der Waals surface area (Å²) in [5.74, 6) is 0. The number of para-hydroxylation sites is 8. The fourth-order valence-corrected chi connectivity index (χ4v) is 13.0. The summed E-state index contributed by atoms with van der Waals surface area (Å²) in [5.41, 5.74) is 14.6. The Hall–Kier alpha value is -8.16. The maximum Gasteiger partial charge on any atom is 0.143 e. The molecule has 0 unspecified atom stereocenters. The van der Waals surface area contributed by atoms with Crippen LogP contribution in [0, 0.1) is 0 Å². The highest BCUT2D eigenvalue weighted by atomic mass is 32.2. The first-order valence-corrected chi connectivity index (χ1v) is 24.5. The van der Waals surface area contributed by atoms with Crippen LogP contribution in [0.2, 0.25) is 0 Å². The van der Waals surface area contributed by atoms with Crippen LogP contribution < -0.4 is 9.80 Å². The van der Waals surface area contributed by atoms with Gasteiger partial charge in [0.05, 0.1) is 22.7 Å². The first kappa shape index (κ1) is 38.0. The van der Waals surface area contributed by atoms with E-state index < -0.39 is 0 Å².